The maximum atomic E-state index is 12.2. The monoisotopic (exact) mass is 249 g/mol. The van der Waals surface area contributed by atoms with E-state index in [1.54, 1.807) is 0 Å². The molecule has 0 aromatic rings. The van der Waals surface area contributed by atoms with Crippen LogP contribution in [0.1, 0.15) is 25.7 Å². The van der Waals surface area contributed by atoms with Gasteiger partial charge in [0.15, 0.2) is 0 Å². The molecule has 2 saturated heterocycles. The van der Waals surface area contributed by atoms with Crippen LogP contribution in [0.15, 0.2) is 0 Å². The van der Waals surface area contributed by atoms with E-state index in [2.05, 4.69) is 0 Å². The van der Waals surface area contributed by atoms with Gasteiger partial charge in [0.2, 0.25) is 10.0 Å². The van der Waals surface area contributed by atoms with E-state index < -0.39 is 16.1 Å². The topological polar surface area (TPSA) is 66.8 Å². The Labute approximate surface area is 96.4 Å². The van der Waals surface area contributed by atoms with Crippen LogP contribution in [0.3, 0.4) is 0 Å². The van der Waals surface area contributed by atoms with Gasteiger partial charge >= 0.3 is 0 Å². The Balaban J connectivity index is 2.05. The fraction of sp³-hybridized carbons (Fsp3) is 1.00. The molecule has 2 aliphatic rings. The molecular formula is C10H19NO4S. The van der Waals surface area contributed by atoms with Crippen molar-refractivity contribution in [2.75, 3.05) is 26.3 Å². The van der Waals surface area contributed by atoms with Crippen LogP contribution >= 0.6 is 0 Å². The van der Waals surface area contributed by atoms with Gasteiger partial charge in [0.1, 0.15) is 0 Å². The lowest BCUT2D eigenvalue weighted by atomic mass is 10.1. The summed E-state index contributed by atoms with van der Waals surface area (Å²) in [5.74, 6) is 0. The normalized spacial score (nSPS) is 30.4. The number of sulfonamides is 1. The molecule has 0 aromatic carbocycles. The molecule has 0 spiro atoms. The van der Waals surface area contributed by atoms with E-state index in [1.165, 1.54) is 4.31 Å². The van der Waals surface area contributed by atoms with Crippen molar-refractivity contribution in [3.8, 4) is 0 Å². The van der Waals surface area contributed by atoms with Crippen molar-refractivity contribution in [1.29, 1.82) is 0 Å². The summed E-state index contributed by atoms with van der Waals surface area (Å²) in [6, 6.07) is 0. The van der Waals surface area contributed by atoms with Gasteiger partial charge in [-0.2, -0.15) is 4.31 Å². The van der Waals surface area contributed by atoms with Gasteiger partial charge in [0.05, 0.1) is 11.4 Å². The maximum Gasteiger partial charge on any atom is 0.217 e. The number of rotatable bonds is 2. The van der Waals surface area contributed by atoms with E-state index in [1.807, 2.05) is 0 Å². The summed E-state index contributed by atoms with van der Waals surface area (Å²) in [5, 5.41) is 9.20. The smallest absolute Gasteiger partial charge is 0.217 e. The van der Waals surface area contributed by atoms with Crippen molar-refractivity contribution >= 4 is 10.0 Å². The van der Waals surface area contributed by atoms with Crippen molar-refractivity contribution in [1.82, 2.24) is 4.31 Å². The molecular weight excluding hydrogens is 230 g/mol. The Morgan fingerprint density at radius 1 is 1.19 bits per heavy atom. The minimum absolute atomic E-state index is 0.264. The van der Waals surface area contributed by atoms with Crippen molar-refractivity contribution < 1.29 is 18.3 Å². The standard InChI is InChI=1S/C10H19NO4S/c12-9-2-1-5-11(8-9)16(13,14)10-3-6-15-7-4-10/h9-10,12H,1-8H2/t9-/m0/s1. The molecule has 0 radical (unpaired) electrons. The van der Waals surface area contributed by atoms with Crippen LogP contribution in [0.2, 0.25) is 0 Å². The average molecular weight is 249 g/mol. The molecule has 2 heterocycles. The van der Waals surface area contributed by atoms with E-state index >= 15 is 0 Å². The molecule has 0 bridgehead atoms. The molecule has 94 valence electrons. The number of β-amino-alcohol motifs (C(OH)–C–C–N with tert-alkyl or cyclic N) is 1. The number of ether oxygens (including phenoxy) is 1. The molecule has 2 aliphatic heterocycles. The van der Waals surface area contributed by atoms with Gasteiger partial charge in [0, 0.05) is 26.3 Å². The molecule has 16 heavy (non-hydrogen) atoms. The molecule has 0 saturated carbocycles. The predicted molar refractivity (Wildman–Crippen MR) is 59.6 cm³/mol. The Hall–Kier alpha value is -0.170. The SMILES string of the molecule is O=S(=O)(C1CCOCC1)N1CCC[C@H](O)C1. The van der Waals surface area contributed by atoms with Gasteiger partial charge in [-0.3, -0.25) is 0 Å². The van der Waals surface area contributed by atoms with Gasteiger partial charge in [-0.05, 0) is 25.7 Å². The van der Waals surface area contributed by atoms with Crippen LogP contribution in [-0.2, 0) is 14.8 Å². The first-order chi connectivity index (χ1) is 7.60. The second-order valence-electron chi connectivity index (χ2n) is 4.51. The van der Waals surface area contributed by atoms with Crippen molar-refractivity contribution in [3.05, 3.63) is 0 Å². The van der Waals surface area contributed by atoms with Crippen LogP contribution in [0.5, 0.6) is 0 Å². The molecule has 0 aliphatic carbocycles. The Bertz CT molecular complexity index is 324. The summed E-state index contributed by atoms with van der Waals surface area (Å²) < 4.78 is 31.1. The first-order valence-electron chi connectivity index (χ1n) is 5.85. The van der Waals surface area contributed by atoms with E-state index in [-0.39, 0.29) is 11.8 Å². The van der Waals surface area contributed by atoms with Crippen LogP contribution in [-0.4, -0.2) is 55.5 Å². The third kappa shape index (κ3) is 2.56. The number of piperidine rings is 1. The van der Waals surface area contributed by atoms with E-state index in [9.17, 15) is 13.5 Å². The quantitative estimate of drug-likeness (QED) is 0.745. The molecule has 5 nitrogen and oxygen atoms in total. The van der Waals surface area contributed by atoms with Crippen LogP contribution in [0, 0.1) is 0 Å². The highest BCUT2D eigenvalue weighted by molar-refractivity contribution is 7.89. The van der Waals surface area contributed by atoms with Gasteiger partial charge in [-0.25, -0.2) is 8.42 Å². The van der Waals surface area contributed by atoms with Crippen LogP contribution in [0.4, 0.5) is 0 Å². The Kier molecular flexibility index (Phi) is 3.84. The second kappa shape index (κ2) is 5.00. The highest BCUT2D eigenvalue weighted by Gasteiger charge is 2.35. The summed E-state index contributed by atoms with van der Waals surface area (Å²) >= 11 is 0. The number of hydrogen-bond acceptors (Lipinski definition) is 4. The molecule has 0 aromatic heterocycles. The van der Waals surface area contributed by atoms with Gasteiger partial charge in [-0.1, -0.05) is 0 Å². The minimum Gasteiger partial charge on any atom is -0.392 e. The lowest BCUT2D eigenvalue weighted by molar-refractivity contribution is 0.0913. The second-order valence-corrected chi connectivity index (χ2v) is 6.72. The maximum absolute atomic E-state index is 12.2. The van der Waals surface area contributed by atoms with Crippen molar-refractivity contribution in [2.45, 2.75) is 37.0 Å². The zero-order chi connectivity index (χ0) is 11.6. The largest absolute Gasteiger partial charge is 0.392 e. The Morgan fingerprint density at radius 2 is 1.88 bits per heavy atom. The first-order valence-corrected chi connectivity index (χ1v) is 7.36. The number of nitrogens with zero attached hydrogens (tertiary/aromatic N) is 1. The highest BCUT2D eigenvalue weighted by Crippen LogP contribution is 2.23. The van der Waals surface area contributed by atoms with Crippen molar-refractivity contribution in [3.63, 3.8) is 0 Å². The fourth-order valence-electron chi connectivity index (χ4n) is 2.34. The highest BCUT2D eigenvalue weighted by atomic mass is 32.2. The minimum atomic E-state index is -3.22. The lowest BCUT2D eigenvalue weighted by Crippen LogP contribution is -2.47. The Morgan fingerprint density at radius 3 is 2.50 bits per heavy atom. The molecule has 0 amide bonds. The van der Waals surface area contributed by atoms with Gasteiger partial charge in [0.25, 0.3) is 0 Å². The molecule has 1 atom stereocenters. The van der Waals surface area contributed by atoms with E-state index in [0.717, 1.165) is 6.42 Å². The predicted octanol–water partition coefficient (Wildman–Crippen LogP) is -0.0481. The molecule has 6 heteroatoms. The molecule has 2 fully saturated rings. The zero-order valence-electron chi connectivity index (χ0n) is 9.34. The van der Waals surface area contributed by atoms with Crippen LogP contribution < -0.4 is 0 Å². The van der Waals surface area contributed by atoms with E-state index in [0.29, 0.717) is 39.0 Å². The number of hydrogen-bond donors (Lipinski definition) is 1. The van der Waals surface area contributed by atoms with E-state index in [4.69, 9.17) is 4.74 Å². The first kappa shape index (κ1) is 12.3. The average Bonchev–Trinajstić information content (AvgIpc) is 2.30. The number of aliphatic hydroxyl groups excluding tert-OH is 1. The summed E-state index contributed by atoms with van der Waals surface area (Å²) in [7, 11) is -3.22. The fourth-order valence-corrected chi connectivity index (χ4v) is 4.31. The third-order valence-corrected chi connectivity index (χ3v) is 5.67. The molecule has 0 unspecified atom stereocenters. The summed E-state index contributed by atoms with van der Waals surface area (Å²) in [4.78, 5) is 0. The van der Waals surface area contributed by atoms with Gasteiger partial charge in [-0.15, -0.1) is 0 Å². The zero-order valence-corrected chi connectivity index (χ0v) is 10.2. The molecule has 1 N–H and O–H groups in total. The number of aliphatic hydroxyl groups is 1. The van der Waals surface area contributed by atoms with Crippen molar-refractivity contribution in [2.24, 2.45) is 0 Å². The van der Waals surface area contributed by atoms with Crippen LogP contribution in [0.25, 0.3) is 0 Å². The lowest BCUT2D eigenvalue weighted by Gasteiger charge is -2.33. The summed E-state index contributed by atoms with van der Waals surface area (Å²) in [5.41, 5.74) is 0. The third-order valence-electron chi connectivity index (χ3n) is 3.31. The summed E-state index contributed by atoms with van der Waals surface area (Å²) in [6.45, 7) is 1.87. The molecule has 2 rings (SSSR count). The van der Waals surface area contributed by atoms with Gasteiger partial charge < -0.3 is 9.84 Å². The summed E-state index contributed by atoms with van der Waals surface area (Å²) in [6.07, 6.45) is 2.12.